The van der Waals surface area contributed by atoms with Gasteiger partial charge in [-0.1, -0.05) is 6.92 Å². The molecular formula is C11H15N3O2S. The molecule has 1 fully saturated rings. The summed E-state index contributed by atoms with van der Waals surface area (Å²) in [5, 5.41) is 8.47. The van der Waals surface area contributed by atoms with Crippen LogP contribution in [0.4, 0.5) is 0 Å². The number of hydrogen-bond donors (Lipinski definition) is 2. The van der Waals surface area contributed by atoms with Crippen LogP contribution >= 0.6 is 11.3 Å². The molecule has 2 rings (SSSR count). The summed E-state index contributed by atoms with van der Waals surface area (Å²) in [5.74, 6) is -0.0973. The van der Waals surface area contributed by atoms with Crippen molar-refractivity contribution >= 4 is 23.2 Å². The van der Waals surface area contributed by atoms with Crippen molar-refractivity contribution in [1.82, 2.24) is 15.6 Å². The summed E-state index contributed by atoms with van der Waals surface area (Å²) in [5.41, 5.74) is 0. The highest BCUT2D eigenvalue weighted by atomic mass is 32.1. The van der Waals surface area contributed by atoms with Gasteiger partial charge >= 0.3 is 0 Å². The van der Waals surface area contributed by atoms with Crippen LogP contribution in [-0.4, -0.2) is 29.9 Å². The van der Waals surface area contributed by atoms with Crippen LogP contribution in [0, 0.1) is 5.92 Å². The minimum atomic E-state index is -0.217. The van der Waals surface area contributed by atoms with Gasteiger partial charge in [0.05, 0.1) is 10.9 Å². The number of thiazole rings is 1. The number of aromatic nitrogens is 1. The summed E-state index contributed by atoms with van der Waals surface area (Å²) in [6, 6.07) is 0. The molecule has 5 nitrogen and oxygen atoms in total. The van der Waals surface area contributed by atoms with Gasteiger partial charge in [-0.05, 0) is 0 Å². The average molecular weight is 253 g/mol. The molecule has 1 aliphatic rings. The lowest BCUT2D eigenvalue weighted by atomic mass is 10.1. The smallest absolute Gasteiger partial charge is 0.225 e. The van der Waals surface area contributed by atoms with Crippen LogP contribution in [0.25, 0.3) is 0 Å². The van der Waals surface area contributed by atoms with Gasteiger partial charge in [0, 0.05) is 37.0 Å². The van der Waals surface area contributed by atoms with Gasteiger partial charge in [-0.25, -0.2) is 4.98 Å². The molecule has 0 radical (unpaired) electrons. The van der Waals surface area contributed by atoms with Crippen LogP contribution in [0.5, 0.6) is 0 Å². The molecule has 0 bridgehead atoms. The van der Waals surface area contributed by atoms with Gasteiger partial charge in [0.2, 0.25) is 11.8 Å². The van der Waals surface area contributed by atoms with E-state index in [1.165, 1.54) is 0 Å². The molecule has 0 spiro atoms. The SMILES string of the molecule is CC(CNC(=O)C1CNC(=O)C1)c1nccs1. The summed E-state index contributed by atoms with van der Waals surface area (Å²) in [4.78, 5) is 26.9. The Morgan fingerprint density at radius 2 is 2.59 bits per heavy atom. The Morgan fingerprint density at radius 1 is 1.76 bits per heavy atom. The predicted octanol–water partition coefficient (Wildman–Crippen LogP) is 0.499. The fourth-order valence-corrected chi connectivity index (χ4v) is 2.45. The van der Waals surface area contributed by atoms with Gasteiger partial charge in [-0.15, -0.1) is 11.3 Å². The standard InChI is InChI=1S/C11H15N3O2S/c1-7(11-12-2-3-17-11)5-14-10(16)8-4-9(15)13-6-8/h2-3,7-8H,4-6H2,1H3,(H,13,15)(H,14,16). The topological polar surface area (TPSA) is 71.1 Å². The highest BCUT2D eigenvalue weighted by Gasteiger charge is 2.27. The van der Waals surface area contributed by atoms with Crippen LogP contribution in [0.1, 0.15) is 24.3 Å². The fourth-order valence-electron chi connectivity index (χ4n) is 1.75. The minimum Gasteiger partial charge on any atom is -0.355 e. The van der Waals surface area contributed by atoms with Crippen molar-refractivity contribution in [2.75, 3.05) is 13.1 Å². The Balaban J connectivity index is 1.78. The van der Waals surface area contributed by atoms with E-state index in [-0.39, 0.29) is 23.7 Å². The monoisotopic (exact) mass is 253 g/mol. The second-order valence-corrected chi connectivity index (χ2v) is 5.15. The molecule has 1 aromatic heterocycles. The molecule has 0 aromatic carbocycles. The van der Waals surface area contributed by atoms with E-state index in [1.54, 1.807) is 17.5 Å². The van der Waals surface area contributed by atoms with Gasteiger partial charge in [0.25, 0.3) is 0 Å². The molecule has 6 heteroatoms. The zero-order valence-corrected chi connectivity index (χ0v) is 10.4. The molecule has 1 aliphatic heterocycles. The van der Waals surface area contributed by atoms with Gasteiger partial charge in [0.15, 0.2) is 0 Å². The summed E-state index contributed by atoms with van der Waals surface area (Å²) in [7, 11) is 0. The van der Waals surface area contributed by atoms with Gasteiger partial charge in [-0.2, -0.15) is 0 Å². The van der Waals surface area contributed by atoms with Crippen molar-refractivity contribution in [3.8, 4) is 0 Å². The molecule has 92 valence electrons. The van der Waals surface area contributed by atoms with Crippen LogP contribution in [0.3, 0.4) is 0 Å². The van der Waals surface area contributed by atoms with E-state index in [9.17, 15) is 9.59 Å². The molecule has 1 aromatic rings. The van der Waals surface area contributed by atoms with E-state index in [2.05, 4.69) is 15.6 Å². The van der Waals surface area contributed by atoms with E-state index in [0.29, 0.717) is 19.5 Å². The number of rotatable bonds is 4. The Bertz CT molecular complexity index is 405. The van der Waals surface area contributed by atoms with Crippen molar-refractivity contribution in [1.29, 1.82) is 0 Å². The van der Waals surface area contributed by atoms with Crippen molar-refractivity contribution in [2.45, 2.75) is 19.3 Å². The lowest BCUT2D eigenvalue weighted by Crippen LogP contribution is -2.34. The number of nitrogens with zero attached hydrogens (tertiary/aromatic N) is 1. The molecule has 2 heterocycles. The van der Waals surface area contributed by atoms with Gasteiger partial charge < -0.3 is 10.6 Å². The zero-order valence-electron chi connectivity index (χ0n) is 9.60. The molecule has 2 unspecified atom stereocenters. The van der Waals surface area contributed by atoms with Crippen LogP contribution in [0.15, 0.2) is 11.6 Å². The molecule has 2 atom stereocenters. The lowest BCUT2D eigenvalue weighted by molar-refractivity contribution is -0.126. The predicted molar refractivity (Wildman–Crippen MR) is 64.7 cm³/mol. The molecule has 0 saturated carbocycles. The third-order valence-corrected chi connectivity index (χ3v) is 3.81. The van der Waals surface area contributed by atoms with Crippen LogP contribution < -0.4 is 10.6 Å². The highest BCUT2D eigenvalue weighted by molar-refractivity contribution is 7.09. The number of carbonyl (C=O) groups excluding carboxylic acids is 2. The third-order valence-electron chi connectivity index (χ3n) is 2.80. The number of hydrogen-bond acceptors (Lipinski definition) is 4. The van der Waals surface area contributed by atoms with Gasteiger partial charge in [-0.3, -0.25) is 9.59 Å². The van der Waals surface area contributed by atoms with Crippen molar-refractivity contribution in [3.63, 3.8) is 0 Å². The Kier molecular flexibility index (Phi) is 3.73. The first kappa shape index (κ1) is 12.0. The maximum absolute atomic E-state index is 11.7. The molecule has 1 saturated heterocycles. The number of nitrogens with one attached hydrogen (secondary N) is 2. The maximum atomic E-state index is 11.7. The Labute approximate surface area is 104 Å². The lowest BCUT2D eigenvalue weighted by Gasteiger charge is -2.12. The first-order valence-corrected chi connectivity index (χ1v) is 6.48. The fraction of sp³-hybridized carbons (Fsp3) is 0.545. The van der Waals surface area contributed by atoms with E-state index in [4.69, 9.17) is 0 Å². The number of amides is 2. The van der Waals surface area contributed by atoms with Crippen LogP contribution in [-0.2, 0) is 9.59 Å². The molecule has 17 heavy (non-hydrogen) atoms. The summed E-state index contributed by atoms with van der Waals surface area (Å²) in [6.45, 7) is 3.05. The van der Waals surface area contributed by atoms with Crippen LogP contribution in [0.2, 0.25) is 0 Å². The summed E-state index contributed by atoms with van der Waals surface area (Å²) >= 11 is 1.59. The van der Waals surface area contributed by atoms with E-state index < -0.39 is 0 Å². The quantitative estimate of drug-likeness (QED) is 0.821. The molecule has 0 aliphatic carbocycles. The van der Waals surface area contributed by atoms with Gasteiger partial charge in [0.1, 0.15) is 0 Å². The first-order valence-electron chi connectivity index (χ1n) is 5.60. The highest BCUT2D eigenvalue weighted by Crippen LogP contribution is 2.17. The van der Waals surface area contributed by atoms with Crippen molar-refractivity contribution in [3.05, 3.63) is 16.6 Å². The summed E-state index contributed by atoms with van der Waals surface area (Å²) < 4.78 is 0. The van der Waals surface area contributed by atoms with E-state index in [0.717, 1.165) is 5.01 Å². The van der Waals surface area contributed by atoms with E-state index >= 15 is 0 Å². The number of carbonyl (C=O) groups is 2. The molecule has 2 N–H and O–H groups in total. The van der Waals surface area contributed by atoms with E-state index in [1.807, 2.05) is 12.3 Å². The molecule has 2 amide bonds. The van der Waals surface area contributed by atoms with Crippen molar-refractivity contribution in [2.24, 2.45) is 5.92 Å². The minimum absolute atomic E-state index is 0.0434. The second kappa shape index (κ2) is 5.27. The third kappa shape index (κ3) is 3.03. The average Bonchev–Trinajstić information content (AvgIpc) is 2.95. The zero-order chi connectivity index (χ0) is 12.3. The Hall–Kier alpha value is -1.43. The first-order chi connectivity index (χ1) is 8.16. The molecular weight excluding hydrogens is 238 g/mol. The van der Waals surface area contributed by atoms with Crippen molar-refractivity contribution < 1.29 is 9.59 Å². The Morgan fingerprint density at radius 3 is 3.18 bits per heavy atom. The normalized spacial score (nSPS) is 21.0. The second-order valence-electron chi connectivity index (χ2n) is 4.22. The maximum Gasteiger partial charge on any atom is 0.225 e. The largest absolute Gasteiger partial charge is 0.355 e. The summed E-state index contributed by atoms with van der Waals surface area (Å²) in [6.07, 6.45) is 2.06.